The van der Waals surface area contributed by atoms with Crippen LogP contribution in [0.25, 0.3) is 0 Å². The van der Waals surface area contributed by atoms with Gasteiger partial charge >= 0.3 is 12.1 Å². The molecule has 0 bridgehead atoms. The van der Waals surface area contributed by atoms with Crippen molar-refractivity contribution in [2.75, 3.05) is 26.3 Å². The minimum absolute atomic E-state index is 0.0496. The lowest BCUT2D eigenvalue weighted by atomic mass is 9.97. The van der Waals surface area contributed by atoms with Gasteiger partial charge in [-0.3, -0.25) is 4.79 Å². The minimum Gasteiger partial charge on any atom is -0.481 e. The van der Waals surface area contributed by atoms with Crippen molar-refractivity contribution in [3.63, 3.8) is 0 Å². The van der Waals surface area contributed by atoms with Gasteiger partial charge in [-0.2, -0.15) is 0 Å². The van der Waals surface area contributed by atoms with Crippen molar-refractivity contribution in [1.29, 1.82) is 0 Å². The van der Waals surface area contributed by atoms with Crippen LogP contribution in [0, 0.1) is 0 Å². The van der Waals surface area contributed by atoms with E-state index in [4.69, 9.17) is 14.6 Å². The van der Waals surface area contributed by atoms with Crippen molar-refractivity contribution < 1.29 is 24.2 Å². The van der Waals surface area contributed by atoms with E-state index >= 15 is 0 Å². The summed E-state index contributed by atoms with van der Waals surface area (Å²) >= 11 is 0. The molecule has 16 heavy (non-hydrogen) atoms. The highest BCUT2D eigenvalue weighted by Crippen LogP contribution is 2.30. The lowest BCUT2D eigenvalue weighted by Crippen LogP contribution is -2.42. The molecule has 1 atom stereocenters. The predicted octanol–water partition coefficient (Wildman–Crippen LogP) is 0.463. The van der Waals surface area contributed by atoms with Gasteiger partial charge in [0.1, 0.15) is 0 Å². The van der Waals surface area contributed by atoms with Gasteiger partial charge in [0, 0.05) is 13.2 Å². The normalized spacial score (nSPS) is 29.5. The number of hydrogen-bond donors (Lipinski definition) is 1. The summed E-state index contributed by atoms with van der Waals surface area (Å²) in [4.78, 5) is 23.4. The zero-order valence-electron chi connectivity index (χ0n) is 8.98. The lowest BCUT2D eigenvalue weighted by Gasteiger charge is -2.30. The number of nitrogens with zero attached hydrogens (tertiary/aromatic N) is 1. The summed E-state index contributed by atoms with van der Waals surface area (Å²) < 4.78 is 10.6. The number of hydrogen-bond acceptors (Lipinski definition) is 4. The molecule has 2 rings (SSSR count). The molecule has 0 aromatic carbocycles. The molecule has 0 radical (unpaired) electrons. The molecule has 2 aliphatic heterocycles. The Morgan fingerprint density at radius 3 is 3.00 bits per heavy atom. The summed E-state index contributed by atoms with van der Waals surface area (Å²) in [6.45, 7) is 1.77. The van der Waals surface area contributed by atoms with Crippen molar-refractivity contribution in [2.45, 2.75) is 24.9 Å². The molecule has 0 aromatic rings. The van der Waals surface area contributed by atoms with Crippen LogP contribution >= 0.6 is 0 Å². The van der Waals surface area contributed by atoms with E-state index < -0.39 is 17.7 Å². The maximum Gasteiger partial charge on any atom is 0.410 e. The van der Waals surface area contributed by atoms with Crippen LogP contribution in [0.4, 0.5) is 4.79 Å². The molecule has 0 aliphatic carbocycles. The Balaban J connectivity index is 1.92. The number of rotatable bonds is 3. The smallest absolute Gasteiger partial charge is 0.410 e. The second-order valence-electron chi connectivity index (χ2n) is 4.27. The van der Waals surface area contributed by atoms with Gasteiger partial charge in [-0.15, -0.1) is 0 Å². The van der Waals surface area contributed by atoms with Crippen LogP contribution in [0.1, 0.15) is 19.3 Å². The van der Waals surface area contributed by atoms with Gasteiger partial charge in [0.15, 0.2) is 5.60 Å². The third kappa shape index (κ3) is 2.27. The molecule has 1 unspecified atom stereocenters. The maximum atomic E-state index is 11.5. The van der Waals surface area contributed by atoms with Crippen molar-refractivity contribution >= 4 is 12.1 Å². The summed E-state index contributed by atoms with van der Waals surface area (Å²) in [6.07, 6.45) is 1.20. The van der Waals surface area contributed by atoms with Crippen molar-refractivity contribution in [1.82, 2.24) is 4.90 Å². The van der Waals surface area contributed by atoms with Gasteiger partial charge < -0.3 is 19.5 Å². The third-order valence-electron chi connectivity index (χ3n) is 2.92. The second-order valence-corrected chi connectivity index (χ2v) is 4.27. The summed E-state index contributed by atoms with van der Waals surface area (Å²) in [5, 5.41) is 8.56. The monoisotopic (exact) mass is 229 g/mol. The molecule has 6 heteroatoms. The third-order valence-corrected chi connectivity index (χ3v) is 2.92. The van der Waals surface area contributed by atoms with Gasteiger partial charge in [-0.05, 0) is 12.8 Å². The molecular formula is C10H15NO5. The molecule has 1 amide bonds. The number of aliphatic carboxylic acids is 1. The first-order valence-electron chi connectivity index (χ1n) is 5.39. The summed E-state index contributed by atoms with van der Waals surface area (Å²) in [5.41, 5.74) is -0.534. The summed E-state index contributed by atoms with van der Waals surface area (Å²) in [5.74, 6) is -0.909. The van der Waals surface area contributed by atoms with E-state index in [0.29, 0.717) is 19.8 Å². The Bertz CT molecular complexity index is 298. The Kier molecular flexibility index (Phi) is 3.00. The Hall–Kier alpha value is -1.30. The number of carboxylic acids is 1. The number of carboxylic acid groups (broad SMARTS) is 1. The van der Waals surface area contributed by atoms with E-state index in [-0.39, 0.29) is 13.0 Å². The van der Waals surface area contributed by atoms with Crippen LogP contribution in [-0.4, -0.2) is 54.0 Å². The zero-order chi connectivity index (χ0) is 11.6. The molecular weight excluding hydrogens is 214 g/mol. The van der Waals surface area contributed by atoms with Crippen molar-refractivity contribution in [3.8, 4) is 0 Å². The first kappa shape index (κ1) is 11.2. The minimum atomic E-state index is -0.909. The van der Waals surface area contributed by atoms with Crippen LogP contribution in [-0.2, 0) is 14.3 Å². The number of ether oxygens (including phenoxy) is 2. The summed E-state index contributed by atoms with van der Waals surface area (Å²) in [6, 6.07) is 0. The SMILES string of the molecule is O=C(O)CCN1CC2(CCCOC2)OC1=O. The predicted molar refractivity (Wildman–Crippen MR) is 53.1 cm³/mol. The lowest BCUT2D eigenvalue weighted by molar-refractivity contribution is -0.137. The van der Waals surface area contributed by atoms with Gasteiger partial charge in [0.05, 0.1) is 19.6 Å². The van der Waals surface area contributed by atoms with Gasteiger partial charge in [0.2, 0.25) is 0 Å². The fraction of sp³-hybridized carbons (Fsp3) is 0.800. The molecule has 0 aromatic heterocycles. The molecule has 1 spiro atoms. The van der Waals surface area contributed by atoms with Crippen molar-refractivity contribution in [2.24, 2.45) is 0 Å². The van der Waals surface area contributed by atoms with E-state index in [1.807, 2.05) is 0 Å². The van der Waals surface area contributed by atoms with E-state index in [1.165, 1.54) is 4.90 Å². The number of carbonyl (C=O) groups excluding carboxylic acids is 1. The van der Waals surface area contributed by atoms with E-state index in [0.717, 1.165) is 12.8 Å². The average molecular weight is 229 g/mol. The number of amides is 1. The maximum absolute atomic E-state index is 11.5. The fourth-order valence-electron chi connectivity index (χ4n) is 2.13. The Morgan fingerprint density at radius 2 is 2.38 bits per heavy atom. The highest BCUT2D eigenvalue weighted by Gasteiger charge is 2.46. The molecule has 2 saturated heterocycles. The highest BCUT2D eigenvalue weighted by molar-refractivity contribution is 5.72. The highest BCUT2D eigenvalue weighted by atomic mass is 16.6. The zero-order valence-corrected chi connectivity index (χ0v) is 8.98. The molecule has 2 heterocycles. The van der Waals surface area contributed by atoms with Gasteiger partial charge in [-0.25, -0.2) is 4.79 Å². The average Bonchev–Trinajstić information content (AvgIpc) is 2.53. The second kappa shape index (κ2) is 4.29. The first-order chi connectivity index (χ1) is 7.61. The Morgan fingerprint density at radius 1 is 1.56 bits per heavy atom. The van der Waals surface area contributed by atoms with Crippen molar-refractivity contribution in [3.05, 3.63) is 0 Å². The topological polar surface area (TPSA) is 76.1 Å². The van der Waals surface area contributed by atoms with E-state index in [2.05, 4.69) is 0 Å². The molecule has 1 N–H and O–H groups in total. The Labute approximate surface area is 93.1 Å². The molecule has 6 nitrogen and oxygen atoms in total. The van der Waals surface area contributed by atoms with Gasteiger partial charge in [0.25, 0.3) is 0 Å². The summed E-state index contributed by atoms with van der Waals surface area (Å²) in [7, 11) is 0. The quantitative estimate of drug-likeness (QED) is 0.761. The standard InChI is InChI=1S/C10H15NO5/c12-8(13)2-4-11-6-10(16-9(11)14)3-1-5-15-7-10/h1-7H2,(H,12,13). The number of carbonyl (C=O) groups is 2. The van der Waals surface area contributed by atoms with Crippen LogP contribution < -0.4 is 0 Å². The van der Waals surface area contributed by atoms with Crippen LogP contribution in [0.3, 0.4) is 0 Å². The molecule has 90 valence electrons. The van der Waals surface area contributed by atoms with Crippen LogP contribution in [0.15, 0.2) is 0 Å². The van der Waals surface area contributed by atoms with Crippen LogP contribution in [0.5, 0.6) is 0 Å². The van der Waals surface area contributed by atoms with Crippen LogP contribution in [0.2, 0.25) is 0 Å². The van der Waals surface area contributed by atoms with E-state index in [9.17, 15) is 9.59 Å². The first-order valence-corrected chi connectivity index (χ1v) is 5.39. The molecule has 2 aliphatic rings. The molecule has 2 fully saturated rings. The molecule has 0 saturated carbocycles. The largest absolute Gasteiger partial charge is 0.481 e. The van der Waals surface area contributed by atoms with E-state index in [1.54, 1.807) is 0 Å². The fourth-order valence-corrected chi connectivity index (χ4v) is 2.13. The van der Waals surface area contributed by atoms with Gasteiger partial charge in [-0.1, -0.05) is 0 Å².